The molecule has 0 bridgehead atoms. The fraction of sp³-hybridized carbons (Fsp3) is 0.312. The molecule has 1 aliphatic heterocycles. The third-order valence-electron chi connectivity index (χ3n) is 20.0. The van der Waals surface area contributed by atoms with E-state index in [-0.39, 0.29) is 80.3 Å². The number of Topliss-reactive ketones (excluding diaryl/α,β-unsaturated/α-hetero) is 1. The van der Waals surface area contributed by atoms with Gasteiger partial charge >= 0.3 is 54.9 Å². The van der Waals surface area contributed by atoms with Crippen molar-refractivity contribution in [2.45, 2.75) is 131 Å². The van der Waals surface area contributed by atoms with Crippen molar-refractivity contribution in [3.05, 3.63) is 272 Å². The largest absolute Gasteiger partial charge is 0.498 e. The molecule has 3 atom stereocenters. The first-order valence-electron chi connectivity index (χ1n) is 41.8. The van der Waals surface area contributed by atoms with E-state index >= 15 is 0 Å². The highest BCUT2D eigenvalue weighted by molar-refractivity contribution is 6.62. The van der Waals surface area contributed by atoms with Gasteiger partial charge in [0.2, 0.25) is 0 Å². The summed E-state index contributed by atoms with van der Waals surface area (Å²) in [7, 11) is 9.07. The highest BCUT2D eigenvalue weighted by Gasteiger charge is 2.38. The third kappa shape index (κ3) is 28.7. The molecule has 14 heterocycles. The number of pyridine rings is 8. The van der Waals surface area contributed by atoms with Crippen molar-refractivity contribution in [1.29, 1.82) is 0 Å². The van der Waals surface area contributed by atoms with Gasteiger partial charge in [0.1, 0.15) is 68.1 Å². The Hall–Kier alpha value is -14.7. The molecular formula is C93H95BCl3F3N18O19. The van der Waals surface area contributed by atoms with E-state index in [1.807, 2.05) is 0 Å². The van der Waals surface area contributed by atoms with Crippen LogP contribution in [0.1, 0.15) is 196 Å². The number of ketones is 1. The number of aromatic nitrogens is 18. The van der Waals surface area contributed by atoms with Crippen LogP contribution in [0.5, 0.6) is 0 Å². The van der Waals surface area contributed by atoms with Crippen molar-refractivity contribution in [1.82, 2.24) is 88.8 Å². The lowest BCUT2D eigenvalue weighted by Gasteiger charge is -2.32. The summed E-state index contributed by atoms with van der Waals surface area (Å²) in [5.74, 6) is -7.06. The van der Waals surface area contributed by atoms with Gasteiger partial charge in [0.15, 0.2) is 11.5 Å². The number of carboxylic acids is 2. The SMILES string of the molecule is COC(=O)c1c(B2OCC(C)(C)CO2)cnn1C.C[C@@H](OC(=O)Cc1c(-c2ccc(C(=O)Cc3ccncc3)cn2)cnn1C)c1cc(F)cnc1Cl.C[C@@H](OC(=O)Cc1c(-c2ccc(C(=O)O)cn2)cnn1C)c1cc(F)cnc1Cl.C[C@@H](OC(=O)Cc1c(-c2ccc(C(=O)OC(C)(C)C)cn2)cnn1C)c1cc(F)cnc1Cl.Cn1ncc(-c2ccc(C(=O)OC(C)(C)C)cn2)c1C(=O)O. The maximum Gasteiger partial charge on any atom is 0.498 e. The molecule has 0 aliphatic carbocycles. The van der Waals surface area contributed by atoms with Crippen LogP contribution in [0, 0.1) is 22.9 Å². The van der Waals surface area contributed by atoms with Gasteiger partial charge in [-0.1, -0.05) is 48.7 Å². The first-order chi connectivity index (χ1) is 64.6. The van der Waals surface area contributed by atoms with Gasteiger partial charge in [0, 0.05) is 148 Å². The number of rotatable bonds is 25. The second kappa shape index (κ2) is 46.0. The summed E-state index contributed by atoms with van der Waals surface area (Å²) in [6.45, 7) is 20.7. The minimum Gasteiger partial charge on any atom is -0.478 e. The molecule has 0 amide bonds. The Balaban J connectivity index is 0.000000180. The van der Waals surface area contributed by atoms with Gasteiger partial charge in [0.25, 0.3) is 0 Å². The Morgan fingerprint density at radius 3 is 1.11 bits per heavy atom. The normalized spacial score (nSPS) is 12.8. The van der Waals surface area contributed by atoms with Crippen LogP contribution in [-0.4, -0.2) is 191 Å². The highest BCUT2D eigenvalue weighted by Crippen LogP contribution is 2.33. The summed E-state index contributed by atoms with van der Waals surface area (Å²) in [5, 5.41) is 38.9. The zero-order valence-corrected chi connectivity index (χ0v) is 79.6. The number of hydrogen-bond acceptors (Lipinski definition) is 30. The van der Waals surface area contributed by atoms with Crippen LogP contribution >= 0.6 is 34.8 Å². The van der Waals surface area contributed by atoms with Gasteiger partial charge < -0.3 is 47.9 Å². The third-order valence-corrected chi connectivity index (χ3v) is 20.9. The number of aryl methyl sites for hydroxylation is 5. The van der Waals surface area contributed by atoms with E-state index < -0.39 is 102 Å². The number of carbonyl (C=O) groups excluding carboxylic acids is 7. The van der Waals surface area contributed by atoms with E-state index in [0.29, 0.717) is 103 Å². The molecule has 0 spiro atoms. The molecule has 1 aliphatic rings. The number of carbonyl (C=O) groups is 9. The van der Waals surface area contributed by atoms with Crippen LogP contribution in [0.25, 0.3) is 45.0 Å². The average molecular weight is 1940 g/mol. The lowest BCUT2D eigenvalue weighted by Crippen LogP contribution is -2.48. The molecule has 14 rings (SSSR count). The molecule has 137 heavy (non-hydrogen) atoms. The van der Waals surface area contributed by atoms with Crippen LogP contribution in [0.2, 0.25) is 15.5 Å². The molecule has 1 saturated heterocycles. The molecule has 0 unspecified atom stereocenters. The Bertz CT molecular complexity index is 6520. The molecule has 0 radical (unpaired) electrons. The monoisotopic (exact) mass is 1940 g/mol. The van der Waals surface area contributed by atoms with Crippen molar-refractivity contribution < 1.29 is 104 Å². The van der Waals surface area contributed by atoms with Crippen molar-refractivity contribution in [2.24, 2.45) is 40.7 Å². The summed E-state index contributed by atoms with van der Waals surface area (Å²) in [6, 6.07) is 19.9. The predicted molar refractivity (Wildman–Crippen MR) is 490 cm³/mol. The number of esters is 6. The summed E-state index contributed by atoms with van der Waals surface area (Å²) in [6.07, 6.45) is 17.0. The van der Waals surface area contributed by atoms with Crippen molar-refractivity contribution >= 4 is 101 Å². The number of methoxy groups -OCH3 is 1. The number of hydrogen-bond donors (Lipinski definition) is 2. The van der Waals surface area contributed by atoms with Crippen LogP contribution in [0.4, 0.5) is 13.2 Å². The van der Waals surface area contributed by atoms with Crippen molar-refractivity contribution in [2.75, 3.05) is 20.3 Å². The number of nitrogens with zero attached hydrogens (tertiary/aromatic N) is 18. The molecule has 0 aromatic carbocycles. The summed E-state index contributed by atoms with van der Waals surface area (Å²) >= 11 is 18.0. The van der Waals surface area contributed by atoms with Gasteiger partial charge in [-0.15, -0.1) is 0 Å². The molecule has 2 N–H and O–H groups in total. The van der Waals surface area contributed by atoms with E-state index in [4.69, 9.17) is 77.6 Å². The molecule has 44 heteroatoms. The van der Waals surface area contributed by atoms with Crippen LogP contribution < -0.4 is 5.46 Å². The molecule has 716 valence electrons. The van der Waals surface area contributed by atoms with E-state index in [1.54, 1.807) is 186 Å². The van der Waals surface area contributed by atoms with E-state index in [1.165, 1.54) is 82.6 Å². The van der Waals surface area contributed by atoms with Crippen LogP contribution in [-0.2, 0) is 113 Å². The summed E-state index contributed by atoms with van der Waals surface area (Å²) in [4.78, 5) is 140. The minimum absolute atomic E-state index is 0.00978. The second-order valence-corrected chi connectivity index (χ2v) is 34.5. The Kier molecular flexibility index (Phi) is 35.1. The molecule has 37 nitrogen and oxygen atoms in total. The molecule has 0 saturated carbocycles. The van der Waals surface area contributed by atoms with E-state index in [9.17, 15) is 61.4 Å². The van der Waals surface area contributed by atoms with E-state index in [2.05, 4.69) is 79.2 Å². The first kappa shape index (κ1) is 104. The van der Waals surface area contributed by atoms with Crippen LogP contribution in [0.3, 0.4) is 0 Å². The topological polar surface area (TPSA) is 460 Å². The first-order valence-corrected chi connectivity index (χ1v) is 42.9. The van der Waals surface area contributed by atoms with Gasteiger partial charge in [-0.2, -0.15) is 25.5 Å². The van der Waals surface area contributed by atoms with E-state index in [0.717, 1.165) is 30.2 Å². The maximum atomic E-state index is 13.5. The Morgan fingerprint density at radius 1 is 0.431 bits per heavy atom. The standard InChI is InChI=1S/C25H21ClFN5O3.C23H24ClFN4O4.C19H16ClFN4O4.C15H17N3O4.C11H17BN2O4/c1-15(19-10-18(27)13-30-25(19)26)35-24(34)11-22-20(14-31-32(22)2)21-4-3-17(12-29-21)23(33)9-16-5-7-28-8-6-16;1-13(16-8-15(25)11-27-21(16)24)32-20(30)9-19-17(12-28-29(19)5)18-7-6-14(10-26-18)22(31)33-23(2,3)4;1-10(13-5-12(21)8-23-18(13)20)29-17(26)6-16-14(9-24-25(16)2)15-4-3-11(7-22-15)19(27)28;1-15(2,3)22-14(21)9-5-6-11(16-7-9)10-8-17-18(4)12(10)13(19)20;1-11(2)6-17-12(18-7-11)8-5-13-14(3)9(8)10(15)16-4/h3-8,10,12-15H,9,11H2,1-2H3;6-8,10-13H,9H2,1-5H3;3-5,7-10H,6H2,1-2H3,(H,27,28);5-8H,1-4H3,(H,19,20);5H,6-7H2,1-4H3/t15-;13-;10-;;/m111../s1. The number of aromatic carboxylic acids is 2. The minimum atomic E-state index is -1.09. The zero-order chi connectivity index (χ0) is 100. The molecule has 13 aromatic rings. The average Bonchev–Trinajstić information content (AvgIpc) is 1.63. The van der Waals surface area contributed by atoms with Crippen molar-refractivity contribution in [3.8, 4) is 45.0 Å². The highest BCUT2D eigenvalue weighted by atomic mass is 35.5. The lowest BCUT2D eigenvalue weighted by atomic mass is 9.76. The predicted octanol–water partition coefficient (Wildman–Crippen LogP) is 14.1. The fourth-order valence-corrected chi connectivity index (χ4v) is 13.8. The fourth-order valence-electron chi connectivity index (χ4n) is 13.1. The van der Waals surface area contributed by atoms with Gasteiger partial charge in [-0.25, -0.2) is 52.1 Å². The Morgan fingerprint density at radius 2 is 0.766 bits per heavy atom. The van der Waals surface area contributed by atoms with Gasteiger partial charge in [0.05, 0.1) is 132 Å². The summed E-state index contributed by atoms with van der Waals surface area (Å²) in [5.41, 5.74) is 8.49. The second-order valence-electron chi connectivity index (χ2n) is 33.4. The zero-order valence-electron chi connectivity index (χ0n) is 77.3. The molecule has 1 fully saturated rings. The summed E-state index contributed by atoms with van der Waals surface area (Å²) < 4.78 is 90.6. The molecule has 13 aromatic heterocycles. The van der Waals surface area contributed by atoms with Gasteiger partial charge in [-0.05, 0) is 147 Å². The van der Waals surface area contributed by atoms with Crippen LogP contribution in [0.15, 0.2) is 166 Å². The maximum absolute atomic E-state index is 13.5. The number of halogens is 6. The quantitative estimate of drug-likeness (QED) is 0.0176. The Labute approximate surface area is 798 Å². The number of ether oxygens (including phenoxy) is 6. The van der Waals surface area contributed by atoms with Gasteiger partial charge in [-0.3, -0.25) is 67.5 Å². The lowest BCUT2D eigenvalue weighted by molar-refractivity contribution is -0.148. The van der Waals surface area contributed by atoms with Crippen molar-refractivity contribution in [3.63, 3.8) is 0 Å². The molecular weight excluding hydrogens is 1850 g/mol. The smallest absolute Gasteiger partial charge is 0.478 e. The number of carboxylic acid groups (broad SMARTS) is 2.